The predicted octanol–water partition coefficient (Wildman–Crippen LogP) is 4.83. The summed E-state index contributed by atoms with van der Waals surface area (Å²) in [5.41, 5.74) is 2.73. The van der Waals surface area contributed by atoms with E-state index in [9.17, 15) is 4.79 Å². The number of carbonyl (C=O) groups excluding carboxylic acids is 1. The molecule has 7 heteroatoms. The van der Waals surface area contributed by atoms with Crippen LogP contribution >= 0.6 is 11.8 Å². The van der Waals surface area contributed by atoms with E-state index >= 15 is 0 Å². The molecule has 1 N–H and O–H groups in total. The molecule has 6 nitrogen and oxygen atoms in total. The SMILES string of the molecule is O=C1CSc2cc(OCc3cccc(OCc4ncc5ccccc5n4)c3)ccc2N1. The lowest BCUT2D eigenvalue weighted by molar-refractivity contribution is -0.113. The highest BCUT2D eigenvalue weighted by Crippen LogP contribution is 2.34. The summed E-state index contributed by atoms with van der Waals surface area (Å²) in [5.74, 6) is 2.59. The fourth-order valence-electron chi connectivity index (χ4n) is 3.26. The lowest BCUT2D eigenvalue weighted by atomic mass is 10.2. The lowest BCUT2D eigenvalue weighted by Gasteiger charge is -2.17. The van der Waals surface area contributed by atoms with Gasteiger partial charge >= 0.3 is 0 Å². The van der Waals surface area contributed by atoms with E-state index in [4.69, 9.17) is 9.47 Å². The minimum atomic E-state index is 0.0251. The maximum Gasteiger partial charge on any atom is 0.234 e. The maximum absolute atomic E-state index is 11.5. The zero-order valence-corrected chi connectivity index (χ0v) is 17.4. The minimum absolute atomic E-state index is 0.0251. The Labute approximate surface area is 183 Å². The van der Waals surface area contributed by atoms with E-state index < -0.39 is 0 Å². The summed E-state index contributed by atoms with van der Waals surface area (Å²) < 4.78 is 11.8. The number of carbonyl (C=O) groups is 1. The highest BCUT2D eigenvalue weighted by atomic mass is 32.2. The molecular weight excluding hydrogens is 410 g/mol. The average molecular weight is 430 g/mol. The number of benzene rings is 3. The summed E-state index contributed by atoms with van der Waals surface area (Å²) in [4.78, 5) is 21.4. The van der Waals surface area contributed by atoms with Gasteiger partial charge in [-0.3, -0.25) is 4.79 Å². The number of aromatic nitrogens is 2. The van der Waals surface area contributed by atoms with E-state index in [1.54, 1.807) is 0 Å². The summed E-state index contributed by atoms with van der Waals surface area (Å²) in [7, 11) is 0. The van der Waals surface area contributed by atoms with Crippen LogP contribution in [0.4, 0.5) is 5.69 Å². The van der Waals surface area contributed by atoms with E-state index in [1.165, 1.54) is 11.8 Å². The summed E-state index contributed by atoms with van der Waals surface area (Å²) in [6.45, 7) is 0.711. The number of thioether (sulfide) groups is 1. The van der Waals surface area contributed by atoms with E-state index in [2.05, 4.69) is 15.3 Å². The first-order valence-corrected chi connectivity index (χ1v) is 10.8. The molecule has 5 rings (SSSR count). The first-order chi connectivity index (χ1) is 15.2. The molecule has 0 radical (unpaired) electrons. The summed E-state index contributed by atoms with van der Waals surface area (Å²) in [6, 6.07) is 21.4. The van der Waals surface area contributed by atoms with E-state index in [0.717, 1.165) is 38.5 Å². The monoisotopic (exact) mass is 429 g/mol. The van der Waals surface area contributed by atoms with Crippen molar-refractivity contribution in [2.75, 3.05) is 11.1 Å². The molecule has 1 aliphatic rings. The zero-order valence-electron chi connectivity index (χ0n) is 16.6. The van der Waals surface area contributed by atoms with Gasteiger partial charge in [-0.1, -0.05) is 30.3 Å². The van der Waals surface area contributed by atoms with Crippen LogP contribution in [0.3, 0.4) is 0 Å². The third kappa shape index (κ3) is 4.62. The van der Waals surface area contributed by atoms with Crippen molar-refractivity contribution in [3.8, 4) is 11.5 Å². The standard InChI is InChI=1S/C24H19N3O3S/c28-24-15-31-22-11-19(8-9-21(22)27-24)29-13-16-4-3-6-18(10-16)30-14-23-25-12-17-5-1-2-7-20(17)26-23/h1-12H,13-15H2,(H,27,28). The van der Waals surface area contributed by atoms with Gasteiger partial charge in [-0.2, -0.15) is 0 Å². The first-order valence-electron chi connectivity index (χ1n) is 9.85. The molecule has 2 heterocycles. The number of nitrogens with zero attached hydrogens (tertiary/aromatic N) is 2. The van der Waals surface area contributed by atoms with Gasteiger partial charge in [0.2, 0.25) is 5.91 Å². The smallest absolute Gasteiger partial charge is 0.234 e. The third-order valence-electron chi connectivity index (χ3n) is 4.80. The molecule has 0 bridgehead atoms. The second-order valence-electron chi connectivity index (χ2n) is 7.06. The Balaban J connectivity index is 1.21. The fraction of sp³-hybridized carbons (Fsp3) is 0.125. The second kappa shape index (κ2) is 8.65. The largest absolute Gasteiger partial charge is 0.489 e. The van der Waals surface area contributed by atoms with Crippen LogP contribution in [-0.2, 0) is 18.0 Å². The van der Waals surface area contributed by atoms with Crippen molar-refractivity contribution in [1.82, 2.24) is 9.97 Å². The van der Waals surface area contributed by atoms with Gasteiger partial charge in [0.05, 0.1) is 17.0 Å². The Bertz CT molecular complexity index is 1260. The topological polar surface area (TPSA) is 73.3 Å². The summed E-state index contributed by atoms with van der Waals surface area (Å²) >= 11 is 1.52. The Hall–Kier alpha value is -3.58. The van der Waals surface area contributed by atoms with Crippen molar-refractivity contribution in [3.05, 3.63) is 84.3 Å². The Morgan fingerprint density at radius 3 is 2.77 bits per heavy atom. The number of ether oxygens (including phenoxy) is 2. The number of nitrogens with one attached hydrogen (secondary N) is 1. The molecular formula is C24H19N3O3S. The van der Waals surface area contributed by atoms with E-state index in [1.807, 2.05) is 72.9 Å². The number of rotatable bonds is 6. The average Bonchev–Trinajstić information content (AvgIpc) is 2.81. The first kappa shape index (κ1) is 19.4. The van der Waals surface area contributed by atoms with Gasteiger partial charge < -0.3 is 14.8 Å². The molecule has 1 aromatic heterocycles. The van der Waals surface area contributed by atoms with Crippen molar-refractivity contribution in [1.29, 1.82) is 0 Å². The fourth-order valence-corrected chi connectivity index (χ4v) is 4.10. The molecule has 0 atom stereocenters. The molecule has 0 saturated heterocycles. The molecule has 0 aliphatic carbocycles. The van der Waals surface area contributed by atoms with E-state index in [-0.39, 0.29) is 5.91 Å². The lowest BCUT2D eigenvalue weighted by Crippen LogP contribution is -2.18. The molecule has 0 unspecified atom stereocenters. The Kier molecular flexibility index (Phi) is 5.41. The van der Waals surface area contributed by atoms with Crippen molar-refractivity contribution >= 4 is 34.3 Å². The van der Waals surface area contributed by atoms with Gasteiger partial charge in [0.1, 0.15) is 24.7 Å². The number of hydrogen-bond acceptors (Lipinski definition) is 6. The van der Waals surface area contributed by atoms with Crippen molar-refractivity contribution in [2.45, 2.75) is 18.1 Å². The molecule has 4 aromatic rings. The van der Waals surface area contributed by atoms with Crippen LogP contribution in [0.15, 0.2) is 77.8 Å². The van der Waals surface area contributed by atoms with Crippen LogP contribution in [0.25, 0.3) is 10.9 Å². The van der Waals surface area contributed by atoms with Crippen LogP contribution in [0.5, 0.6) is 11.5 Å². The molecule has 0 saturated carbocycles. The molecule has 31 heavy (non-hydrogen) atoms. The summed E-state index contributed by atoms with van der Waals surface area (Å²) in [6.07, 6.45) is 1.81. The molecule has 0 fully saturated rings. The van der Waals surface area contributed by atoms with Crippen molar-refractivity contribution in [3.63, 3.8) is 0 Å². The van der Waals surface area contributed by atoms with Gasteiger partial charge in [-0.05, 0) is 42.0 Å². The maximum atomic E-state index is 11.5. The Morgan fingerprint density at radius 1 is 0.935 bits per heavy atom. The number of fused-ring (bicyclic) bond motifs is 2. The van der Waals surface area contributed by atoms with Crippen LogP contribution < -0.4 is 14.8 Å². The summed E-state index contributed by atoms with van der Waals surface area (Å²) in [5, 5.41) is 3.87. The van der Waals surface area contributed by atoms with Crippen LogP contribution in [0.1, 0.15) is 11.4 Å². The van der Waals surface area contributed by atoms with Gasteiger partial charge in [-0.15, -0.1) is 11.8 Å². The third-order valence-corrected chi connectivity index (χ3v) is 5.85. The van der Waals surface area contributed by atoms with E-state index in [0.29, 0.717) is 24.8 Å². The molecule has 0 spiro atoms. The molecule has 1 amide bonds. The van der Waals surface area contributed by atoms with Crippen molar-refractivity contribution in [2.24, 2.45) is 0 Å². The zero-order chi connectivity index (χ0) is 21.0. The number of amides is 1. The Morgan fingerprint density at radius 2 is 1.81 bits per heavy atom. The molecule has 1 aliphatic heterocycles. The van der Waals surface area contributed by atoms with Crippen LogP contribution in [0.2, 0.25) is 0 Å². The molecule has 154 valence electrons. The van der Waals surface area contributed by atoms with Gasteiger partial charge in [0.15, 0.2) is 5.82 Å². The van der Waals surface area contributed by atoms with Crippen LogP contribution in [0, 0.1) is 0 Å². The van der Waals surface area contributed by atoms with Crippen LogP contribution in [-0.4, -0.2) is 21.6 Å². The number of anilines is 1. The van der Waals surface area contributed by atoms with Crippen molar-refractivity contribution < 1.29 is 14.3 Å². The number of hydrogen-bond donors (Lipinski definition) is 1. The quantitative estimate of drug-likeness (QED) is 0.473. The minimum Gasteiger partial charge on any atom is -0.489 e. The van der Waals surface area contributed by atoms with Gasteiger partial charge in [0.25, 0.3) is 0 Å². The second-order valence-corrected chi connectivity index (χ2v) is 8.08. The number of para-hydroxylation sites is 1. The molecule has 3 aromatic carbocycles. The van der Waals surface area contributed by atoms with Gasteiger partial charge in [-0.25, -0.2) is 9.97 Å². The highest BCUT2D eigenvalue weighted by molar-refractivity contribution is 8.00. The highest BCUT2D eigenvalue weighted by Gasteiger charge is 2.15. The predicted molar refractivity (Wildman–Crippen MR) is 120 cm³/mol. The normalized spacial score (nSPS) is 12.8. The van der Waals surface area contributed by atoms with Gasteiger partial charge in [0, 0.05) is 16.5 Å².